The van der Waals surface area contributed by atoms with Gasteiger partial charge < -0.3 is 15.5 Å². The summed E-state index contributed by atoms with van der Waals surface area (Å²) in [6.07, 6.45) is -1.20. The van der Waals surface area contributed by atoms with Crippen LogP contribution in [0.15, 0.2) is 29.5 Å². The molecule has 28 heavy (non-hydrogen) atoms. The van der Waals surface area contributed by atoms with Gasteiger partial charge in [-0.2, -0.15) is 18.3 Å². The molecule has 1 aliphatic rings. The van der Waals surface area contributed by atoms with E-state index < -0.39 is 11.7 Å². The number of pyridine rings is 1. The SMILES string of the molecule is CN=C(NCc1ccn[nH]1)NC1CCN(c2ncc(C(F)(F)F)cc2Cl)C1.I. The van der Waals surface area contributed by atoms with Crippen molar-refractivity contribution < 1.29 is 13.2 Å². The summed E-state index contributed by atoms with van der Waals surface area (Å²) in [5.74, 6) is 0.984. The van der Waals surface area contributed by atoms with Gasteiger partial charge in [0.25, 0.3) is 0 Å². The molecule has 0 radical (unpaired) electrons. The molecule has 0 aromatic carbocycles. The molecule has 0 amide bonds. The average molecular weight is 530 g/mol. The van der Waals surface area contributed by atoms with Gasteiger partial charge in [0.2, 0.25) is 0 Å². The number of rotatable bonds is 4. The molecule has 3 N–H and O–H groups in total. The normalized spacial score (nSPS) is 17.4. The van der Waals surface area contributed by atoms with Gasteiger partial charge >= 0.3 is 6.18 Å². The number of aromatic amines is 1. The van der Waals surface area contributed by atoms with E-state index in [0.29, 0.717) is 31.4 Å². The molecule has 2 aromatic rings. The van der Waals surface area contributed by atoms with Gasteiger partial charge in [-0.25, -0.2) is 4.98 Å². The van der Waals surface area contributed by atoms with Crippen LogP contribution < -0.4 is 15.5 Å². The van der Waals surface area contributed by atoms with Crippen LogP contribution in [0.25, 0.3) is 0 Å². The fourth-order valence-electron chi connectivity index (χ4n) is 2.84. The molecule has 154 valence electrons. The van der Waals surface area contributed by atoms with Crippen molar-refractivity contribution in [1.29, 1.82) is 0 Å². The third-order valence-corrected chi connectivity index (χ3v) is 4.48. The maximum atomic E-state index is 12.7. The summed E-state index contributed by atoms with van der Waals surface area (Å²) in [5, 5.41) is 13.2. The minimum atomic E-state index is -4.46. The number of nitrogens with one attached hydrogen (secondary N) is 3. The second-order valence-corrected chi connectivity index (χ2v) is 6.52. The largest absolute Gasteiger partial charge is 0.417 e. The zero-order valence-corrected chi connectivity index (χ0v) is 18.0. The summed E-state index contributed by atoms with van der Waals surface area (Å²) in [6.45, 7) is 1.73. The fourth-order valence-corrected chi connectivity index (χ4v) is 3.12. The minimum Gasteiger partial charge on any atom is -0.353 e. The molecule has 0 saturated carbocycles. The topological polar surface area (TPSA) is 81.2 Å². The Bertz CT molecular complexity index is 798. The molecule has 0 spiro atoms. The Hall–Kier alpha value is -1.76. The molecule has 12 heteroatoms. The molecule has 0 aliphatic carbocycles. The van der Waals surface area contributed by atoms with Crippen LogP contribution in [-0.4, -0.2) is 47.3 Å². The number of halogens is 5. The molecule has 1 atom stereocenters. The number of anilines is 1. The fraction of sp³-hybridized carbons (Fsp3) is 0.438. The number of nitrogens with zero attached hydrogens (tertiary/aromatic N) is 4. The first-order valence-corrected chi connectivity index (χ1v) is 8.67. The van der Waals surface area contributed by atoms with Gasteiger partial charge in [0.05, 0.1) is 22.8 Å². The lowest BCUT2D eigenvalue weighted by molar-refractivity contribution is -0.137. The summed E-state index contributed by atoms with van der Waals surface area (Å²) in [7, 11) is 1.67. The summed E-state index contributed by atoms with van der Waals surface area (Å²) in [6, 6.07) is 2.84. The Kier molecular flexibility index (Phi) is 7.75. The van der Waals surface area contributed by atoms with E-state index in [0.717, 1.165) is 24.4 Å². The van der Waals surface area contributed by atoms with E-state index in [1.54, 1.807) is 13.2 Å². The molecule has 3 rings (SSSR count). The van der Waals surface area contributed by atoms with Crippen LogP contribution in [0.2, 0.25) is 5.02 Å². The second-order valence-electron chi connectivity index (χ2n) is 6.11. The van der Waals surface area contributed by atoms with Crippen LogP contribution in [0.5, 0.6) is 0 Å². The van der Waals surface area contributed by atoms with Crippen molar-refractivity contribution in [1.82, 2.24) is 25.8 Å². The molecular formula is C16H20ClF3IN7. The van der Waals surface area contributed by atoms with Crippen LogP contribution in [-0.2, 0) is 12.7 Å². The summed E-state index contributed by atoms with van der Waals surface area (Å²) < 4.78 is 38.2. The van der Waals surface area contributed by atoms with Crippen molar-refractivity contribution in [2.75, 3.05) is 25.0 Å². The van der Waals surface area contributed by atoms with E-state index in [2.05, 4.69) is 30.8 Å². The highest BCUT2D eigenvalue weighted by molar-refractivity contribution is 14.0. The third kappa shape index (κ3) is 5.63. The maximum Gasteiger partial charge on any atom is 0.417 e. The van der Waals surface area contributed by atoms with E-state index in [9.17, 15) is 13.2 Å². The predicted molar refractivity (Wildman–Crippen MR) is 112 cm³/mol. The van der Waals surface area contributed by atoms with Crippen molar-refractivity contribution in [2.24, 2.45) is 4.99 Å². The number of H-pyrrole nitrogens is 1. The van der Waals surface area contributed by atoms with Crippen LogP contribution in [0.3, 0.4) is 0 Å². The zero-order chi connectivity index (χ0) is 19.4. The number of aliphatic imine (C=N–C) groups is 1. The van der Waals surface area contributed by atoms with E-state index >= 15 is 0 Å². The average Bonchev–Trinajstić information content (AvgIpc) is 3.29. The summed E-state index contributed by atoms with van der Waals surface area (Å²) >= 11 is 6.03. The van der Waals surface area contributed by atoms with Crippen molar-refractivity contribution >= 4 is 47.4 Å². The first-order valence-electron chi connectivity index (χ1n) is 8.30. The van der Waals surface area contributed by atoms with Gasteiger partial charge in [-0.1, -0.05) is 11.6 Å². The number of hydrogen-bond acceptors (Lipinski definition) is 4. The van der Waals surface area contributed by atoms with Gasteiger partial charge in [-0.15, -0.1) is 24.0 Å². The van der Waals surface area contributed by atoms with Crippen molar-refractivity contribution in [2.45, 2.75) is 25.2 Å². The lowest BCUT2D eigenvalue weighted by Crippen LogP contribution is -2.44. The maximum absolute atomic E-state index is 12.7. The Labute approximate surface area is 182 Å². The van der Waals surface area contributed by atoms with Crippen LogP contribution in [0.1, 0.15) is 17.7 Å². The highest BCUT2D eigenvalue weighted by atomic mass is 127. The van der Waals surface area contributed by atoms with Crippen LogP contribution >= 0.6 is 35.6 Å². The summed E-state index contributed by atoms with van der Waals surface area (Å²) in [4.78, 5) is 9.96. The quantitative estimate of drug-likeness (QED) is 0.322. The number of guanidine groups is 1. The lowest BCUT2D eigenvalue weighted by Gasteiger charge is -2.21. The van der Waals surface area contributed by atoms with Gasteiger partial charge in [-0.05, 0) is 18.6 Å². The Morgan fingerprint density at radius 2 is 2.25 bits per heavy atom. The van der Waals surface area contributed by atoms with Crippen molar-refractivity contribution in [3.63, 3.8) is 0 Å². The standard InChI is InChI=1S/C16H19ClF3N7.HI/c1-21-15(23-8-11-2-4-24-26-11)25-12-3-5-27(9-12)14-13(17)6-10(7-22-14)16(18,19)20;/h2,4,6-7,12H,3,5,8-9H2,1H3,(H,24,26)(H2,21,23,25);1H. The molecule has 1 saturated heterocycles. The monoisotopic (exact) mass is 529 g/mol. The molecular weight excluding hydrogens is 510 g/mol. The van der Waals surface area contributed by atoms with Crippen molar-refractivity contribution in [3.8, 4) is 0 Å². The van der Waals surface area contributed by atoms with Crippen LogP contribution in [0, 0.1) is 0 Å². The van der Waals surface area contributed by atoms with E-state index in [-0.39, 0.29) is 35.0 Å². The molecule has 3 heterocycles. The van der Waals surface area contributed by atoms with Crippen molar-refractivity contribution in [3.05, 3.63) is 40.8 Å². The van der Waals surface area contributed by atoms with Gasteiger partial charge in [0.15, 0.2) is 5.96 Å². The molecule has 1 fully saturated rings. The molecule has 2 aromatic heterocycles. The second kappa shape index (κ2) is 9.63. The molecule has 7 nitrogen and oxygen atoms in total. The molecule has 0 bridgehead atoms. The minimum absolute atomic E-state index is 0. The van der Waals surface area contributed by atoms with Gasteiger partial charge in [0, 0.05) is 38.6 Å². The Morgan fingerprint density at radius 1 is 1.46 bits per heavy atom. The number of aromatic nitrogens is 3. The number of alkyl halides is 3. The predicted octanol–water partition coefficient (Wildman–Crippen LogP) is 3.04. The number of hydrogen-bond donors (Lipinski definition) is 3. The van der Waals surface area contributed by atoms with E-state index in [1.165, 1.54) is 0 Å². The van der Waals surface area contributed by atoms with Crippen LogP contribution in [0.4, 0.5) is 19.0 Å². The van der Waals surface area contributed by atoms with Gasteiger partial charge in [0.1, 0.15) is 5.82 Å². The first-order chi connectivity index (χ1) is 12.9. The zero-order valence-electron chi connectivity index (χ0n) is 14.9. The summed E-state index contributed by atoms with van der Waals surface area (Å²) in [5.41, 5.74) is 0.0697. The third-order valence-electron chi connectivity index (χ3n) is 4.21. The Morgan fingerprint density at radius 3 is 2.86 bits per heavy atom. The molecule has 1 unspecified atom stereocenters. The highest BCUT2D eigenvalue weighted by Crippen LogP contribution is 2.34. The first kappa shape index (κ1) is 22.5. The van der Waals surface area contributed by atoms with E-state index in [4.69, 9.17) is 11.6 Å². The highest BCUT2D eigenvalue weighted by Gasteiger charge is 2.33. The smallest absolute Gasteiger partial charge is 0.353 e. The lowest BCUT2D eigenvalue weighted by atomic mass is 10.2. The van der Waals surface area contributed by atoms with E-state index in [1.807, 2.05) is 11.0 Å². The Balaban J connectivity index is 0.00000280. The molecule has 1 aliphatic heterocycles. The van der Waals surface area contributed by atoms with Gasteiger partial charge in [-0.3, -0.25) is 10.1 Å².